The number of rotatable bonds is 5. The fourth-order valence-electron chi connectivity index (χ4n) is 3.21. The van der Waals surface area contributed by atoms with Crippen LogP contribution in [0.15, 0.2) is 30.5 Å². The zero-order valence-electron chi connectivity index (χ0n) is 13.1. The van der Waals surface area contributed by atoms with Gasteiger partial charge in [0.1, 0.15) is 6.04 Å². The Labute approximate surface area is 137 Å². The first-order valence-electron chi connectivity index (χ1n) is 7.96. The van der Waals surface area contributed by atoms with Crippen molar-refractivity contribution in [2.24, 2.45) is 0 Å². The summed E-state index contributed by atoms with van der Waals surface area (Å²) in [5.74, 6) is -0.774. The highest BCUT2D eigenvalue weighted by Crippen LogP contribution is 2.23. The number of halogens is 3. The Bertz CT molecular complexity index is 711. The molecule has 1 atom stereocenters. The molecule has 0 amide bonds. The number of alkyl halides is 3. The molecule has 1 N–H and O–H groups in total. The lowest BCUT2D eigenvalue weighted by atomic mass is 10.1. The van der Waals surface area contributed by atoms with Gasteiger partial charge in [0.2, 0.25) is 0 Å². The summed E-state index contributed by atoms with van der Waals surface area (Å²) in [6.45, 7) is -0.194. The van der Waals surface area contributed by atoms with Gasteiger partial charge < -0.3 is 9.72 Å². The van der Waals surface area contributed by atoms with Crippen LogP contribution in [0.4, 0.5) is 13.2 Å². The number of hydrogen-bond acceptors (Lipinski definition) is 3. The summed E-state index contributed by atoms with van der Waals surface area (Å²) < 4.78 is 41.0. The topological polar surface area (TPSA) is 45.3 Å². The number of para-hydroxylation sites is 1. The molecule has 0 aliphatic carbocycles. The normalized spacial score (nSPS) is 19.0. The van der Waals surface area contributed by atoms with E-state index in [1.807, 2.05) is 35.4 Å². The number of likely N-dealkylation sites (tertiary alicyclic amines) is 1. The molecular formula is C17H19F3N2O2. The molecule has 1 aromatic carbocycles. The number of carbonyl (C=O) groups is 1. The molecular weight excluding hydrogens is 321 g/mol. The van der Waals surface area contributed by atoms with Crippen molar-refractivity contribution in [2.75, 3.05) is 19.7 Å². The van der Waals surface area contributed by atoms with Crippen LogP contribution in [0.1, 0.15) is 18.4 Å². The average molecular weight is 340 g/mol. The molecule has 2 aromatic rings. The molecule has 24 heavy (non-hydrogen) atoms. The molecule has 0 bridgehead atoms. The monoisotopic (exact) mass is 340 g/mol. The van der Waals surface area contributed by atoms with E-state index in [0.717, 1.165) is 29.3 Å². The van der Waals surface area contributed by atoms with Crippen molar-refractivity contribution in [2.45, 2.75) is 31.5 Å². The van der Waals surface area contributed by atoms with Crippen molar-refractivity contribution >= 4 is 16.9 Å². The smallest absolute Gasteiger partial charge is 0.422 e. The quantitative estimate of drug-likeness (QED) is 0.850. The van der Waals surface area contributed by atoms with E-state index < -0.39 is 24.8 Å². The van der Waals surface area contributed by atoms with E-state index >= 15 is 0 Å². The maximum Gasteiger partial charge on any atom is 0.422 e. The van der Waals surface area contributed by atoms with Gasteiger partial charge in [0.05, 0.1) is 0 Å². The van der Waals surface area contributed by atoms with Gasteiger partial charge in [-0.3, -0.25) is 9.69 Å². The van der Waals surface area contributed by atoms with E-state index in [1.54, 1.807) is 0 Å². The first-order valence-corrected chi connectivity index (χ1v) is 7.96. The minimum Gasteiger partial charge on any atom is -0.455 e. The first kappa shape index (κ1) is 16.8. The number of nitrogens with one attached hydrogen (secondary N) is 1. The maximum atomic E-state index is 12.2. The molecule has 1 fully saturated rings. The predicted octanol–water partition coefficient (Wildman–Crippen LogP) is 3.28. The van der Waals surface area contributed by atoms with Gasteiger partial charge >= 0.3 is 12.1 Å². The third kappa shape index (κ3) is 3.90. The number of aromatic amines is 1. The van der Waals surface area contributed by atoms with Crippen molar-refractivity contribution in [1.29, 1.82) is 0 Å². The molecule has 0 radical (unpaired) electrons. The van der Waals surface area contributed by atoms with Crippen LogP contribution in [0.5, 0.6) is 0 Å². The van der Waals surface area contributed by atoms with E-state index in [-0.39, 0.29) is 0 Å². The number of H-pyrrole nitrogens is 1. The molecule has 1 saturated heterocycles. The van der Waals surface area contributed by atoms with Gasteiger partial charge in [0.25, 0.3) is 0 Å². The van der Waals surface area contributed by atoms with Crippen LogP contribution in [-0.2, 0) is 16.0 Å². The third-order valence-corrected chi connectivity index (χ3v) is 4.36. The second-order valence-corrected chi connectivity index (χ2v) is 6.03. The number of hydrogen-bond donors (Lipinski definition) is 1. The lowest BCUT2D eigenvalue weighted by Crippen LogP contribution is -2.39. The van der Waals surface area contributed by atoms with Gasteiger partial charge in [0, 0.05) is 23.6 Å². The average Bonchev–Trinajstić information content (AvgIpc) is 3.16. The number of aromatic nitrogens is 1. The first-order chi connectivity index (χ1) is 11.4. The van der Waals surface area contributed by atoms with Crippen molar-refractivity contribution in [3.63, 3.8) is 0 Å². The van der Waals surface area contributed by atoms with Crippen LogP contribution >= 0.6 is 0 Å². The van der Waals surface area contributed by atoms with Crippen LogP contribution in [0.3, 0.4) is 0 Å². The summed E-state index contributed by atoms with van der Waals surface area (Å²) in [5, 5.41) is 1.13. The SMILES string of the molecule is O=C(OCC(F)(F)F)C1CCCN1CCc1c[nH]c2ccccc12. The Morgan fingerprint density at radius 3 is 2.92 bits per heavy atom. The minimum atomic E-state index is -4.48. The van der Waals surface area contributed by atoms with E-state index in [9.17, 15) is 18.0 Å². The van der Waals surface area contributed by atoms with Crippen LogP contribution in [0.25, 0.3) is 10.9 Å². The Hall–Kier alpha value is -2.02. The van der Waals surface area contributed by atoms with E-state index in [4.69, 9.17) is 0 Å². The summed E-state index contributed by atoms with van der Waals surface area (Å²) in [6.07, 6.45) is -0.474. The molecule has 1 unspecified atom stereocenters. The summed E-state index contributed by atoms with van der Waals surface area (Å²) >= 11 is 0. The minimum absolute atomic E-state index is 0.546. The van der Waals surface area contributed by atoms with Gasteiger partial charge in [-0.2, -0.15) is 13.2 Å². The number of esters is 1. The van der Waals surface area contributed by atoms with Crippen LogP contribution in [0, 0.1) is 0 Å². The van der Waals surface area contributed by atoms with Crippen molar-refractivity contribution in [3.05, 3.63) is 36.0 Å². The lowest BCUT2D eigenvalue weighted by molar-refractivity contribution is -0.189. The molecule has 1 aliphatic rings. The molecule has 7 heteroatoms. The Balaban J connectivity index is 1.59. The van der Waals surface area contributed by atoms with Crippen LogP contribution in [-0.4, -0.2) is 47.8 Å². The lowest BCUT2D eigenvalue weighted by Gasteiger charge is -2.23. The molecule has 130 valence electrons. The molecule has 0 spiro atoms. The van der Waals surface area contributed by atoms with Crippen molar-refractivity contribution in [1.82, 2.24) is 9.88 Å². The number of nitrogens with zero attached hydrogens (tertiary/aromatic N) is 1. The summed E-state index contributed by atoms with van der Waals surface area (Å²) in [4.78, 5) is 17.0. The van der Waals surface area contributed by atoms with Crippen molar-refractivity contribution < 1.29 is 22.7 Å². The molecule has 2 heterocycles. The number of benzene rings is 1. The second kappa shape index (κ2) is 6.84. The highest BCUT2D eigenvalue weighted by Gasteiger charge is 2.35. The summed E-state index contributed by atoms with van der Waals surface area (Å²) in [6, 6.07) is 7.37. The van der Waals surface area contributed by atoms with Gasteiger partial charge in [-0.25, -0.2) is 0 Å². The predicted molar refractivity (Wildman–Crippen MR) is 83.6 cm³/mol. The molecule has 1 aromatic heterocycles. The highest BCUT2D eigenvalue weighted by atomic mass is 19.4. The number of carbonyl (C=O) groups excluding carboxylic acids is 1. The molecule has 1 aliphatic heterocycles. The fraction of sp³-hybridized carbons (Fsp3) is 0.471. The van der Waals surface area contributed by atoms with Crippen LogP contribution < -0.4 is 0 Å². The Morgan fingerprint density at radius 2 is 2.12 bits per heavy atom. The van der Waals surface area contributed by atoms with E-state index in [0.29, 0.717) is 19.5 Å². The number of fused-ring (bicyclic) bond motifs is 1. The molecule has 3 rings (SSSR count). The maximum absolute atomic E-state index is 12.2. The Kier molecular flexibility index (Phi) is 4.80. The standard InChI is InChI=1S/C17H19F3N2O2/c18-17(19,20)11-24-16(23)15-6-3-8-22(15)9-7-12-10-21-14-5-2-1-4-13(12)14/h1-2,4-5,10,15,21H,3,6-9,11H2. The van der Waals surface area contributed by atoms with E-state index in [2.05, 4.69) is 9.72 Å². The third-order valence-electron chi connectivity index (χ3n) is 4.36. The largest absolute Gasteiger partial charge is 0.455 e. The fourth-order valence-corrected chi connectivity index (χ4v) is 3.21. The van der Waals surface area contributed by atoms with Crippen LogP contribution in [0.2, 0.25) is 0 Å². The highest BCUT2D eigenvalue weighted by molar-refractivity contribution is 5.83. The molecule has 0 saturated carbocycles. The molecule has 4 nitrogen and oxygen atoms in total. The Morgan fingerprint density at radius 1 is 1.33 bits per heavy atom. The van der Waals surface area contributed by atoms with Gasteiger partial charge in [-0.05, 0) is 37.4 Å². The second-order valence-electron chi connectivity index (χ2n) is 6.03. The van der Waals surface area contributed by atoms with Gasteiger partial charge in [0.15, 0.2) is 6.61 Å². The zero-order chi connectivity index (χ0) is 17.2. The van der Waals surface area contributed by atoms with Crippen molar-refractivity contribution in [3.8, 4) is 0 Å². The number of ether oxygens (including phenoxy) is 1. The van der Waals surface area contributed by atoms with Gasteiger partial charge in [-0.1, -0.05) is 18.2 Å². The summed E-state index contributed by atoms with van der Waals surface area (Å²) in [5.41, 5.74) is 2.19. The zero-order valence-corrected chi connectivity index (χ0v) is 13.1. The van der Waals surface area contributed by atoms with E-state index in [1.165, 1.54) is 0 Å². The van der Waals surface area contributed by atoms with Gasteiger partial charge in [-0.15, -0.1) is 0 Å². The summed E-state index contributed by atoms with van der Waals surface area (Å²) in [7, 11) is 0.